The number of amides is 2. The van der Waals surface area contributed by atoms with Crippen molar-refractivity contribution >= 4 is 11.8 Å². The third-order valence-electron chi connectivity index (χ3n) is 3.86. The fraction of sp³-hybridized carbons (Fsp3) is 0.846. The van der Waals surface area contributed by atoms with Crippen molar-refractivity contribution < 1.29 is 9.59 Å². The van der Waals surface area contributed by atoms with Gasteiger partial charge in [-0.1, -0.05) is 13.8 Å². The van der Waals surface area contributed by atoms with Crippen LogP contribution < -0.4 is 10.6 Å². The number of carbonyl (C=O) groups is 2. The van der Waals surface area contributed by atoms with Crippen molar-refractivity contribution in [1.29, 1.82) is 0 Å². The summed E-state index contributed by atoms with van der Waals surface area (Å²) in [7, 11) is 0. The highest BCUT2D eigenvalue weighted by atomic mass is 16.2. The van der Waals surface area contributed by atoms with Gasteiger partial charge in [0, 0.05) is 19.0 Å². The van der Waals surface area contributed by atoms with Gasteiger partial charge in [-0.25, -0.2) is 0 Å². The van der Waals surface area contributed by atoms with Gasteiger partial charge in [-0.2, -0.15) is 0 Å². The largest absolute Gasteiger partial charge is 0.353 e. The van der Waals surface area contributed by atoms with Gasteiger partial charge in [0.15, 0.2) is 0 Å². The van der Waals surface area contributed by atoms with Crippen LogP contribution in [0.2, 0.25) is 0 Å². The SMILES string of the molecule is CC(C)C1C(=O)NCCN1C(=O)C1CCNCC1. The van der Waals surface area contributed by atoms with Crippen LogP contribution in [0.25, 0.3) is 0 Å². The lowest BCUT2D eigenvalue weighted by Gasteiger charge is -2.39. The maximum absolute atomic E-state index is 12.5. The number of piperidine rings is 1. The van der Waals surface area contributed by atoms with E-state index in [1.165, 1.54) is 0 Å². The lowest BCUT2D eigenvalue weighted by Crippen LogP contribution is -2.60. The van der Waals surface area contributed by atoms with Gasteiger partial charge in [-0.05, 0) is 31.8 Å². The maximum atomic E-state index is 12.5. The smallest absolute Gasteiger partial charge is 0.243 e. The van der Waals surface area contributed by atoms with E-state index < -0.39 is 0 Å². The van der Waals surface area contributed by atoms with E-state index in [9.17, 15) is 9.59 Å². The first-order valence-corrected chi connectivity index (χ1v) is 6.90. The standard InChI is InChI=1S/C13H23N3O2/c1-9(2)11-12(17)15-7-8-16(11)13(18)10-3-5-14-6-4-10/h9-11,14H,3-8H2,1-2H3,(H,15,17). The second-order valence-corrected chi connectivity index (χ2v) is 5.54. The molecule has 0 aromatic carbocycles. The summed E-state index contributed by atoms with van der Waals surface area (Å²) in [5.74, 6) is 0.429. The zero-order chi connectivity index (χ0) is 13.1. The minimum absolute atomic E-state index is 0.00136. The lowest BCUT2D eigenvalue weighted by molar-refractivity contribution is -0.148. The van der Waals surface area contributed by atoms with Crippen LogP contribution in [-0.2, 0) is 9.59 Å². The Bertz CT molecular complexity index is 324. The molecule has 2 amide bonds. The van der Waals surface area contributed by atoms with Crippen LogP contribution in [0, 0.1) is 11.8 Å². The summed E-state index contributed by atoms with van der Waals surface area (Å²) in [6, 6.07) is -0.291. The van der Waals surface area contributed by atoms with Crippen molar-refractivity contribution in [1.82, 2.24) is 15.5 Å². The molecule has 2 rings (SSSR count). The third-order valence-corrected chi connectivity index (χ3v) is 3.86. The molecule has 0 spiro atoms. The van der Waals surface area contributed by atoms with E-state index in [2.05, 4.69) is 10.6 Å². The van der Waals surface area contributed by atoms with Crippen LogP contribution in [0.15, 0.2) is 0 Å². The van der Waals surface area contributed by atoms with Crippen LogP contribution in [0.3, 0.4) is 0 Å². The van der Waals surface area contributed by atoms with E-state index in [1.54, 1.807) is 4.90 Å². The van der Waals surface area contributed by atoms with Crippen molar-refractivity contribution in [2.75, 3.05) is 26.2 Å². The molecule has 2 aliphatic heterocycles. The predicted octanol–water partition coefficient (Wildman–Crippen LogP) is -0.0310. The Morgan fingerprint density at radius 2 is 1.94 bits per heavy atom. The molecule has 2 saturated heterocycles. The van der Waals surface area contributed by atoms with Crippen molar-refractivity contribution in [3.05, 3.63) is 0 Å². The molecule has 2 N–H and O–H groups in total. The Balaban J connectivity index is 2.08. The Morgan fingerprint density at radius 3 is 2.56 bits per heavy atom. The van der Waals surface area contributed by atoms with Gasteiger partial charge in [0.2, 0.25) is 11.8 Å². The molecule has 2 fully saturated rings. The minimum Gasteiger partial charge on any atom is -0.353 e. The molecule has 0 bridgehead atoms. The van der Waals surface area contributed by atoms with Gasteiger partial charge in [0.25, 0.3) is 0 Å². The highest BCUT2D eigenvalue weighted by Crippen LogP contribution is 2.21. The Labute approximate surface area is 108 Å². The lowest BCUT2D eigenvalue weighted by atomic mass is 9.93. The number of hydrogen-bond donors (Lipinski definition) is 2. The van der Waals surface area contributed by atoms with Crippen LogP contribution in [0.5, 0.6) is 0 Å². The first-order chi connectivity index (χ1) is 8.61. The summed E-state index contributed by atoms with van der Waals surface area (Å²) >= 11 is 0. The fourth-order valence-corrected chi connectivity index (χ4v) is 2.90. The number of rotatable bonds is 2. The molecule has 0 aromatic rings. The molecule has 2 heterocycles. The van der Waals surface area contributed by atoms with Crippen LogP contribution in [0.1, 0.15) is 26.7 Å². The van der Waals surface area contributed by atoms with Crippen LogP contribution in [-0.4, -0.2) is 48.9 Å². The topological polar surface area (TPSA) is 61.4 Å². The molecular weight excluding hydrogens is 230 g/mol. The van der Waals surface area contributed by atoms with Crippen LogP contribution >= 0.6 is 0 Å². The minimum atomic E-state index is -0.291. The Morgan fingerprint density at radius 1 is 1.28 bits per heavy atom. The van der Waals surface area contributed by atoms with E-state index in [0.717, 1.165) is 25.9 Å². The summed E-state index contributed by atoms with van der Waals surface area (Å²) in [6.45, 7) is 7.04. The molecule has 0 saturated carbocycles. The summed E-state index contributed by atoms with van der Waals surface area (Å²) < 4.78 is 0. The molecule has 0 radical (unpaired) electrons. The first kappa shape index (κ1) is 13.3. The number of carbonyl (C=O) groups excluding carboxylic acids is 2. The van der Waals surface area contributed by atoms with Crippen molar-refractivity contribution in [2.24, 2.45) is 11.8 Å². The van der Waals surface area contributed by atoms with Gasteiger partial charge in [0.1, 0.15) is 6.04 Å². The molecule has 0 aromatic heterocycles. The summed E-state index contributed by atoms with van der Waals surface area (Å²) in [4.78, 5) is 26.3. The summed E-state index contributed by atoms with van der Waals surface area (Å²) in [5, 5.41) is 6.12. The molecule has 1 atom stereocenters. The first-order valence-electron chi connectivity index (χ1n) is 6.90. The molecule has 5 nitrogen and oxygen atoms in total. The van der Waals surface area contributed by atoms with Gasteiger partial charge in [0.05, 0.1) is 0 Å². The summed E-state index contributed by atoms with van der Waals surface area (Å²) in [6.07, 6.45) is 1.78. The highest BCUT2D eigenvalue weighted by Gasteiger charge is 2.37. The van der Waals surface area contributed by atoms with Crippen molar-refractivity contribution in [3.8, 4) is 0 Å². The molecule has 2 aliphatic rings. The van der Waals surface area contributed by atoms with Crippen LogP contribution in [0.4, 0.5) is 0 Å². The molecule has 0 aliphatic carbocycles. The summed E-state index contributed by atoms with van der Waals surface area (Å²) in [5.41, 5.74) is 0. The fourth-order valence-electron chi connectivity index (χ4n) is 2.90. The monoisotopic (exact) mass is 253 g/mol. The van der Waals surface area contributed by atoms with E-state index >= 15 is 0 Å². The molecule has 18 heavy (non-hydrogen) atoms. The van der Waals surface area contributed by atoms with E-state index in [-0.39, 0.29) is 29.7 Å². The van der Waals surface area contributed by atoms with E-state index in [1.807, 2.05) is 13.8 Å². The highest BCUT2D eigenvalue weighted by molar-refractivity contribution is 5.89. The molecule has 102 valence electrons. The zero-order valence-corrected chi connectivity index (χ0v) is 11.2. The zero-order valence-electron chi connectivity index (χ0n) is 11.2. The Kier molecular flexibility index (Phi) is 4.22. The maximum Gasteiger partial charge on any atom is 0.243 e. The number of piperazine rings is 1. The molecule has 5 heteroatoms. The Hall–Kier alpha value is -1.10. The van der Waals surface area contributed by atoms with Gasteiger partial charge >= 0.3 is 0 Å². The van der Waals surface area contributed by atoms with Gasteiger partial charge in [-0.15, -0.1) is 0 Å². The van der Waals surface area contributed by atoms with Gasteiger partial charge in [-0.3, -0.25) is 9.59 Å². The van der Waals surface area contributed by atoms with Crippen molar-refractivity contribution in [3.63, 3.8) is 0 Å². The predicted molar refractivity (Wildman–Crippen MR) is 68.9 cm³/mol. The number of hydrogen-bond acceptors (Lipinski definition) is 3. The quantitative estimate of drug-likeness (QED) is 0.726. The average molecular weight is 253 g/mol. The normalized spacial score (nSPS) is 26.3. The van der Waals surface area contributed by atoms with E-state index in [0.29, 0.717) is 13.1 Å². The van der Waals surface area contributed by atoms with Gasteiger partial charge < -0.3 is 15.5 Å². The number of nitrogens with zero attached hydrogens (tertiary/aromatic N) is 1. The second kappa shape index (κ2) is 5.69. The average Bonchev–Trinajstić information content (AvgIpc) is 2.38. The molecule has 1 unspecified atom stereocenters. The molecular formula is C13H23N3O2. The second-order valence-electron chi connectivity index (χ2n) is 5.54. The van der Waals surface area contributed by atoms with E-state index in [4.69, 9.17) is 0 Å². The third kappa shape index (κ3) is 2.66. The number of nitrogens with one attached hydrogen (secondary N) is 2. The van der Waals surface area contributed by atoms with Crippen molar-refractivity contribution in [2.45, 2.75) is 32.7 Å².